The van der Waals surface area contributed by atoms with Gasteiger partial charge in [-0.05, 0) is 43.4 Å². The van der Waals surface area contributed by atoms with Crippen LogP contribution in [0.15, 0.2) is 18.2 Å². The van der Waals surface area contributed by atoms with Crippen LogP contribution in [-0.4, -0.2) is 12.1 Å². The van der Waals surface area contributed by atoms with Gasteiger partial charge >= 0.3 is 5.97 Å². The maximum absolute atomic E-state index is 12.0. The van der Waals surface area contributed by atoms with Crippen molar-refractivity contribution in [2.45, 2.75) is 38.7 Å². The highest BCUT2D eigenvalue weighted by molar-refractivity contribution is 6.33. The zero-order valence-corrected chi connectivity index (χ0v) is 11.2. The molecule has 0 bridgehead atoms. The van der Waals surface area contributed by atoms with Gasteiger partial charge in [0, 0.05) is 0 Å². The highest BCUT2D eigenvalue weighted by atomic mass is 35.5. The zero-order chi connectivity index (χ0) is 13.1. The second kappa shape index (κ2) is 5.61. The summed E-state index contributed by atoms with van der Waals surface area (Å²) in [6, 6.07) is 4.84. The summed E-state index contributed by atoms with van der Waals surface area (Å²) in [6.07, 6.45) is 4.47. The fourth-order valence-electron chi connectivity index (χ4n) is 2.33. The van der Waals surface area contributed by atoms with Gasteiger partial charge in [-0.25, -0.2) is 4.79 Å². The van der Waals surface area contributed by atoms with Crippen molar-refractivity contribution >= 4 is 23.3 Å². The Morgan fingerprint density at radius 2 is 2.11 bits per heavy atom. The molecule has 2 unspecified atom stereocenters. The summed E-state index contributed by atoms with van der Waals surface area (Å²) in [7, 11) is 0. The number of hydrogen-bond donors (Lipinski definition) is 1. The van der Waals surface area contributed by atoms with E-state index in [-0.39, 0.29) is 12.1 Å². The molecule has 0 aliphatic heterocycles. The molecule has 2 rings (SSSR count). The number of hydrogen-bond acceptors (Lipinski definition) is 3. The predicted octanol–water partition coefficient (Wildman–Crippen LogP) is 3.66. The van der Waals surface area contributed by atoms with E-state index in [9.17, 15) is 4.79 Å². The first-order valence-electron chi connectivity index (χ1n) is 6.34. The predicted molar refractivity (Wildman–Crippen MR) is 72.7 cm³/mol. The molecule has 1 aromatic carbocycles. The summed E-state index contributed by atoms with van der Waals surface area (Å²) in [5.74, 6) is 0.129. The van der Waals surface area contributed by atoms with Crippen LogP contribution in [0.2, 0.25) is 5.02 Å². The number of anilines is 1. The van der Waals surface area contributed by atoms with Crippen molar-refractivity contribution in [3.05, 3.63) is 28.8 Å². The molecule has 0 saturated heterocycles. The SMILES string of the molecule is CC1CCCCC1OC(=O)c1ccc(Cl)c(N)c1. The molecule has 3 nitrogen and oxygen atoms in total. The Bertz CT molecular complexity index is 447. The van der Waals surface area contributed by atoms with Gasteiger partial charge in [-0.1, -0.05) is 24.9 Å². The molecule has 2 atom stereocenters. The molecule has 1 fully saturated rings. The van der Waals surface area contributed by atoms with Crippen LogP contribution in [0.5, 0.6) is 0 Å². The minimum atomic E-state index is -0.308. The maximum atomic E-state index is 12.0. The number of halogens is 1. The minimum absolute atomic E-state index is 0.0307. The van der Waals surface area contributed by atoms with Gasteiger partial charge < -0.3 is 10.5 Å². The van der Waals surface area contributed by atoms with Crippen LogP contribution in [0.1, 0.15) is 43.0 Å². The molecule has 1 saturated carbocycles. The van der Waals surface area contributed by atoms with E-state index < -0.39 is 0 Å². The van der Waals surface area contributed by atoms with Crippen molar-refractivity contribution in [3.63, 3.8) is 0 Å². The van der Waals surface area contributed by atoms with E-state index >= 15 is 0 Å². The Labute approximate surface area is 112 Å². The van der Waals surface area contributed by atoms with Crippen molar-refractivity contribution in [2.75, 3.05) is 5.73 Å². The summed E-state index contributed by atoms with van der Waals surface area (Å²) < 4.78 is 5.55. The third-order valence-electron chi connectivity index (χ3n) is 3.52. The van der Waals surface area contributed by atoms with Gasteiger partial charge in [-0.2, -0.15) is 0 Å². The minimum Gasteiger partial charge on any atom is -0.458 e. The van der Waals surface area contributed by atoms with Gasteiger partial charge in [-0.15, -0.1) is 0 Å². The molecular weight excluding hydrogens is 250 g/mol. The Balaban J connectivity index is 2.04. The number of rotatable bonds is 2. The van der Waals surface area contributed by atoms with E-state index in [0.717, 1.165) is 19.3 Å². The first-order chi connectivity index (χ1) is 8.58. The summed E-state index contributed by atoms with van der Waals surface area (Å²) in [5.41, 5.74) is 6.55. The first-order valence-corrected chi connectivity index (χ1v) is 6.71. The van der Waals surface area contributed by atoms with Gasteiger partial charge in [0.25, 0.3) is 0 Å². The molecule has 1 aliphatic carbocycles. The largest absolute Gasteiger partial charge is 0.458 e. The van der Waals surface area contributed by atoms with E-state index in [4.69, 9.17) is 22.1 Å². The lowest BCUT2D eigenvalue weighted by atomic mass is 9.88. The lowest BCUT2D eigenvalue weighted by molar-refractivity contribution is 0.00482. The maximum Gasteiger partial charge on any atom is 0.338 e. The molecule has 0 amide bonds. The highest BCUT2D eigenvalue weighted by Gasteiger charge is 2.25. The van der Waals surface area contributed by atoms with Crippen LogP contribution in [0, 0.1) is 5.92 Å². The Morgan fingerprint density at radius 3 is 2.78 bits per heavy atom. The Hall–Kier alpha value is -1.22. The Kier molecular flexibility index (Phi) is 4.12. The zero-order valence-electron chi connectivity index (χ0n) is 10.5. The lowest BCUT2D eigenvalue weighted by Gasteiger charge is -2.28. The molecular formula is C14H18ClNO2. The van der Waals surface area contributed by atoms with Gasteiger partial charge in [0.2, 0.25) is 0 Å². The van der Waals surface area contributed by atoms with Crippen molar-refractivity contribution in [3.8, 4) is 0 Å². The van der Waals surface area contributed by atoms with Crippen LogP contribution in [0.3, 0.4) is 0 Å². The topological polar surface area (TPSA) is 52.3 Å². The average Bonchev–Trinajstić information content (AvgIpc) is 2.35. The lowest BCUT2D eigenvalue weighted by Crippen LogP contribution is -2.28. The molecule has 0 spiro atoms. The van der Waals surface area contributed by atoms with Crippen LogP contribution < -0.4 is 5.73 Å². The molecule has 1 aliphatic rings. The fourth-order valence-corrected chi connectivity index (χ4v) is 2.45. The monoisotopic (exact) mass is 267 g/mol. The molecule has 0 heterocycles. The van der Waals surface area contributed by atoms with Gasteiger partial charge in [0.1, 0.15) is 6.10 Å². The number of carbonyl (C=O) groups is 1. The third-order valence-corrected chi connectivity index (χ3v) is 3.87. The second-order valence-electron chi connectivity index (χ2n) is 4.94. The third kappa shape index (κ3) is 2.96. The van der Waals surface area contributed by atoms with Crippen molar-refractivity contribution < 1.29 is 9.53 Å². The van der Waals surface area contributed by atoms with E-state index in [1.54, 1.807) is 18.2 Å². The number of nitrogens with two attached hydrogens (primary N) is 1. The fraction of sp³-hybridized carbons (Fsp3) is 0.500. The summed E-state index contributed by atoms with van der Waals surface area (Å²) in [6.45, 7) is 2.13. The molecule has 18 heavy (non-hydrogen) atoms. The molecule has 0 aromatic heterocycles. The van der Waals surface area contributed by atoms with Crippen molar-refractivity contribution in [1.29, 1.82) is 0 Å². The number of benzene rings is 1. The number of esters is 1. The van der Waals surface area contributed by atoms with Gasteiger partial charge in [0.05, 0.1) is 16.3 Å². The van der Waals surface area contributed by atoms with Crippen LogP contribution >= 0.6 is 11.6 Å². The van der Waals surface area contributed by atoms with E-state index in [0.29, 0.717) is 22.2 Å². The number of carbonyl (C=O) groups excluding carboxylic acids is 1. The second-order valence-corrected chi connectivity index (χ2v) is 5.35. The smallest absolute Gasteiger partial charge is 0.338 e. The highest BCUT2D eigenvalue weighted by Crippen LogP contribution is 2.27. The van der Waals surface area contributed by atoms with Crippen molar-refractivity contribution in [1.82, 2.24) is 0 Å². The van der Waals surface area contributed by atoms with Crippen LogP contribution in [0.25, 0.3) is 0 Å². The average molecular weight is 268 g/mol. The molecule has 2 N–H and O–H groups in total. The van der Waals surface area contributed by atoms with Gasteiger partial charge in [0.15, 0.2) is 0 Å². The summed E-state index contributed by atoms with van der Waals surface area (Å²) in [4.78, 5) is 12.0. The van der Waals surface area contributed by atoms with E-state index in [1.165, 1.54) is 6.42 Å². The number of ether oxygens (including phenoxy) is 1. The molecule has 98 valence electrons. The van der Waals surface area contributed by atoms with E-state index in [1.807, 2.05) is 0 Å². The molecule has 4 heteroatoms. The standard InChI is InChI=1S/C14H18ClNO2/c1-9-4-2-3-5-13(9)18-14(17)10-6-7-11(15)12(16)8-10/h6-9,13H,2-5,16H2,1H3. The molecule has 0 radical (unpaired) electrons. The number of nitrogen functional groups attached to an aromatic ring is 1. The van der Waals surface area contributed by atoms with Gasteiger partial charge in [-0.3, -0.25) is 0 Å². The first kappa shape index (κ1) is 13.2. The summed E-state index contributed by atoms with van der Waals surface area (Å²) in [5, 5.41) is 0.456. The van der Waals surface area contributed by atoms with Crippen LogP contribution in [-0.2, 0) is 4.74 Å². The summed E-state index contributed by atoms with van der Waals surface area (Å²) >= 11 is 5.82. The quantitative estimate of drug-likeness (QED) is 0.657. The van der Waals surface area contributed by atoms with Crippen molar-refractivity contribution in [2.24, 2.45) is 5.92 Å². The van der Waals surface area contributed by atoms with E-state index in [2.05, 4.69) is 6.92 Å². The normalized spacial score (nSPS) is 23.7. The molecule has 1 aromatic rings. The Morgan fingerprint density at radius 1 is 1.39 bits per heavy atom. The van der Waals surface area contributed by atoms with Crippen LogP contribution in [0.4, 0.5) is 5.69 Å².